The van der Waals surface area contributed by atoms with E-state index in [2.05, 4.69) is 10.3 Å². The quantitative estimate of drug-likeness (QED) is 0.827. The van der Waals surface area contributed by atoms with E-state index in [1.165, 1.54) is 17.4 Å². The third kappa shape index (κ3) is 3.83. The third-order valence-electron chi connectivity index (χ3n) is 3.81. The van der Waals surface area contributed by atoms with Crippen LogP contribution in [0, 0.1) is 11.7 Å². The molecule has 2 atom stereocenters. The van der Waals surface area contributed by atoms with E-state index < -0.39 is 0 Å². The van der Waals surface area contributed by atoms with Crippen LogP contribution in [0.1, 0.15) is 27.5 Å². The lowest BCUT2D eigenvalue weighted by Crippen LogP contribution is -2.33. The minimum Gasteiger partial charge on any atom is -0.396 e. The molecule has 0 spiro atoms. The number of aliphatic hydroxyl groups is 1. The van der Waals surface area contributed by atoms with Gasteiger partial charge in [-0.15, -0.1) is 11.3 Å². The fourth-order valence-electron chi connectivity index (χ4n) is 2.56. The molecule has 1 aromatic heterocycles. The van der Waals surface area contributed by atoms with Crippen LogP contribution in [0.15, 0.2) is 41.8 Å². The molecule has 3 rings (SSSR count). The molecule has 1 aliphatic carbocycles. The monoisotopic (exact) mass is 332 g/mol. The van der Waals surface area contributed by atoms with Gasteiger partial charge in [0.15, 0.2) is 0 Å². The second kappa shape index (κ2) is 7.02. The van der Waals surface area contributed by atoms with E-state index >= 15 is 0 Å². The van der Waals surface area contributed by atoms with Crippen molar-refractivity contribution in [3.8, 4) is 0 Å². The van der Waals surface area contributed by atoms with Crippen molar-refractivity contribution in [2.75, 3.05) is 6.61 Å². The van der Waals surface area contributed by atoms with Gasteiger partial charge in [0.2, 0.25) is 0 Å². The molecule has 2 N–H and O–H groups in total. The van der Waals surface area contributed by atoms with Crippen LogP contribution in [-0.2, 0) is 6.42 Å². The number of halogens is 1. The number of rotatable bonds is 5. The van der Waals surface area contributed by atoms with E-state index in [-0.39, 0.29) is 30.3 Å². The van der Waals surface area contributed by atoms with E-state index in [0.717, 1.165) is 0 Å². The average molecular weight is 332 g/mol. The average Bonchev–Trinajstić information content (AvgIpc) is 3.19. The first kappa shape index (κ1) is 15.8. The number of aliphatic hydroxyl groups excluding tert-OH is 1. The van der Waals surface area contributed by atoms with Crippen LogP contribution >= 0.6 is 11.3 Å². The van der Waals surface area contributed by atoms with Crippen LogP contribution in [0.5, 0.6) is 0 Å². The number of thiazole rings is 1. The van der Waals surface area contributed by atoms with Gasteiger partial charge in [0.05, 0.1) is 5.01 Å². The van der Waals surface area contributed by atoms with Gasteiger partial charge in [0.1, 0.15) is 11.5 Å². The summed E-state index contributed by atoms with van der Waals surface area (Å²) in [6.07, 6.45) is 4.88. The number of amides is 1. The molecule has 23 heavy (non-hydrogen) atoms. The van der Waals surface area contributed by atoms with E-state index in [0.29, 0.717) is 29.1 Å². The van der Waals surface area contributed by atoms with Crippen molar-refractivity contribution in [3.63, 3.8) is 0 Å². The number of hydrogen-bond acceptors (Lipinski definition) is 4. The molecular weight excluding hydrogens is 315 g/mol. The zero-order valence-corrected chi connectivity index (χ0v) is 13.2. The van der Waals surface area contributed by atoms with Crippen LogP contribution in [-0.4, -0.2) is 28.6 Å². The number of carbonyl (C=O) groups excluding carboxylic acids is 1. The Bertz CT molecular complexity index is 729. The molecule has 0 fully saturated rings. The maximum Gasteiger partial charge on any atom is 0.271 e. The Balaban J connectivity index is 1.62. The second-order valence-electron chi connectivity index (χ2n) is 5.54. The zero-order chi connectivity index (χ0) is 16.2. The molecule has 1 amide bonds. The normalized spacial score (nSPS) is 19.9. The molecule has 2 aromatic rings. The molecule has 0 aliphatic heterocycles. The van der Waals surface area contributed by atoms with Gasteiger partial charge in [0, 0.05) is 30.4 Å². The minimum atomic E-state index is -0.264. The predicted octanol–water partition coefficient (Wildman–Crippen LogP) is 2.54. The Hall–Kier alpha value is -2.05. The Labute approximate surface area is 137 Å². The van der Waals surface area contributed by atoms with Crippen molar-refractivity contribution in [3.05, 3.63) is 63.9 Å². The lowest BCUT2D eigenvalue weighted by molar-refractivity contribution is 0.0936. The van der Waals surface area contributed by atoms with Crippen molar-refractivity contribution >= 4 is 17.2 Å². The number of nitrogens with one attached hydrogen (secondary N) is 1. The highest BCUT2D eigenvalue weighted by atomic mass is 32.1. The Morgan fingerprint density at radius 2 is 2.22 bits per heavy atom. The van der Waals surface area contributed by atoms with Crippen LogP contribution in [0.25, 0.3) is 0 Å². The number of nitrogens with zero attached hydrogens (tertiary/aromatic N) is 1. The smallest absolute Gasteiger partial charge is 0.271 e. The van der Waals surface area contributed by atoms with Gasteiger partial charge in [-0.2, -0.15) is 0 Å². The van der Waals surface area contributed by atoms with Gasteiger partial charge >= 0.3 is 0 Å². The largest absolute Gasteiger partial charge is 0.396 e. The highest BCUT2D eigenvalue weighted by Crippen LogP contribution is 2.19. The first-order valence-electron chi connectivity index (χ1n) is 7.43. The molecule has 1 aromatic carbocycles. The van der Waals surface area contributed by atoms with Gasteiger partial charge in [-0.3, -0.25) is 4.79 Å². The zero-order valence-electron chi connectivity index (χ0n) is 12.4. The molecule has 0 saturated heterocycles. The molecule has 1 aliphatic rings. The summed E-state index contributed by atoms with van der Waals surface area (Å²) in [6, 6.07) is 6.49. The topological polar surface area (TPSA) is 62.2 Å². The molecule has 0 unspecified atom stereocenters. The maximum absolute atomic E-state index is 13.7. The summed E-state index contributed by atoms with van der Waals surface area (Å²) < 4.78 is 13.7. The molecule has 0 bridgehead atoms. The minimum absolute atomic E-state index is 0.0728. The molecule has 6 heteroatoms. The first-order valence-corrected chi connectivity index (χ1v) is 8.31. The lowest BCUT2D eigenvalue weighted by Gasteiger charge is -2.11. The van der Waals surface area contributed by atoms with Crippen molar-refractivity contribution in [2.24, 2.45) is 5.92 Å². The SMILES string of the molecule is O=C(N[C@@H]1C=C[C@H](CO)C1)c1csc(Cc2ccccc2F)n1. The fraction of sp³-hybridized carbons (Fsp3) is 0.294. The van der Waals surface area contributed by atoms with E-state index in [4.69, 9.17) is 5.11 Å². The van der Waals surface area contributed by atoms with E-state index in [1.54, 1.807) is 23.6 Å². The summed E-state index contributed by atoms with van der Waals surface area (Å²) in [5.74, 6) is -0.401. The fourth-order valence-corrected chi connectivity index (χ4v) is 3.36. The molecule has 0 radical (unpaired) electrons. The summed E-state index contributed by atoms with van der Waals surface area (Å²) in [5, 5.41) is 14.4. The summed E-state index contributed by atoms with van der Waals surface area (Å²) in [7, 11) is 0. The number of carbonyl (C=O) groups is 1. The number of aromatic nitrogens is 1. The highest BCUT2D eigenvalue weighted by Gasteiger charge is 2.21. The number of hydrogen-bond donors (Lipinski definition) is 2. The number of benzene rings is 1. The van der Waals surface area contributed by atoms with Crippen molar-refractivity contribution in [1.29, 1.82) is 0 Å². The van der Waals surface area contributed by atoms with Crippen LogP contribution < -0.4 is 5.32 Å². The van der Waals surface area contributed by atoms with Crippen LogP contribution in [0.4, 0.5) is 4.39 Å². The molecule has 1 heterocycles. The van der Waals surface area contributed by atoms with Crippen LogP contribution in [0.2, 0.25) is 0 Å². The Morgan fingerprint density at radius 3 is 2.96 bits per heavy atom. The summed E-state index contributed by atoms with van der Waals surface area (Å²) in [5.41, 5.74) is 0.917. The summed E-state index contributed by atoms with van der Waals surface area (Å²) >= 11 is 1.35. The van der Waals surface area contributed by atoms with E-state index in [9.17, 15) is 9.18 Å². The standard InChI is InChI=1S/C17H17FN2O2S/c18-14-4-2-1-3-12(14)8-16-20-15(10-23-16)17(22)19-13-6-5-11(7-13)9-21/h1-6,10-11,13,21H,7-9H2,(H,19,22)/t11-,13+/m0/s1. The first-order chi connectivity index (χ1) is 11.2. The molecule has 0 saturated carbocycles. The van der Waals surface area contributed by atoms with E-state index in [1.807, 2.05) is 12.2 Å². The van der Waals surface area contributed by atoms with Gasteiger partial charge in [-0.25, -0.2) is 9.37 Å². The Morgan fingerprint density at radius 1 is 1.39 bits per heavy atom. The molecular formula is C17H17FN2O2S. The van der Waals surface area contributed by atoms with Gasteiger partial charge < -0.3 is 10.4 Å². The summed E-state index contributed by atoms with van der Waals surface area (Å²) in [6.45, 7) is 0.0896. The van der Waals surface area contributed by atoms with Gasteiger partial charge in [-0.1, -0.05) is 30.4 Å². The highest BCUT2D eigenvalue weighted by molar-refractivity contribution is 7.09. The summed E-state index contributed by atoms with van der Waals surface area (Å²) in [4.78, 5) is 16.5. The van der Waals surface area contributed by atoms with Crippen LogP contribution in [0.3, 0.4) is 0 Å². The predicted molar refractivity (Wildman–Crippen MR) is 86.9 cm³/mol. The van der Waals surface area contributed by atoms with Gasteiger partial charge in [-0.05, 0) is 18.1 Å². The maximum atomic E-state index is 13.7. The molecule has 120 valence electrons. The lowest BCUT2D eigenvalue weighted by atomic mass is 10.1. The van der Waals surface area contributed by atoms with Crippen molar-refractivity contribution in [2.45, 2.75) is 18.9 Å². The Kier molecular flexibility index (Phi) is 4.83. The van der Waals surface area contributed by atoms with Gasteiger partial charge in [0.25, 0.3) is 5.91 Å². The van der Waals surface area contributed by atoms with Crippen molar-refractivity contribution in [1.82, 2.24) is 10.3 Å². The third-order valence-corrected chi connectivity index (χ3v) is 4.66. The molecule has 4 nitrogen and oxygen atoms in total. The second-order valence-corrected chi connectivity index (χ2v) is 6.48. The van der Waals surface area contributed by atoms with Crippen molar-refractivity contribution < 1.29 is 14.3 Å².